The van der Waals surface area contributed by atoms with Crippen molar-refractivity contribution in [1.29, 1.82) is 5.26 Å². The molecule has 0 aliphatic heterocycles. The lowest BCUT2D eigenvalue weighted by Gasteiger charge is -2.03. The third-order valence-electron chi connectivity index (χ3n) is 1.63. The number of hydrogen-bond acceptors (Lipinski definition) is 3. The molecule has 0 bridgehead atoms. The van der Waals surface area contributed by atoms with Crippen LogP contribution in [-0.2, 0) is 0 Å². The first kappa shape index (κ1) is 10.2. The fourth-order valence-corrected chi connectivity index (χ4v) is 0.947. The van der Waals surface area contributed by atoms with E-state index in [-0.39, 0.29) is 23.7 Å². The van der Waals surface area contributed by atoms with Crippen molar-refractivity contribution in [2.45, 2.75) is 6.92 Å². The van der Waals surface area contributed by atoms with Crippen LogP contribution in [0.25, 0.3) is 0 Å². The lowest BCUT2D eigenvalue weighted by Crippen LogP contribution is -1.98. The molecule has 14 heavy (non-hydrogen) atoms. The fraction of sp³-hybridized carbons (Fsp3) is 0.200. The predicted octanol–water partition coefficient (Wildman–Crippen LogP) is 1.93. The van der Waals surface area contributed by atoms with Gasteiger partial charge in [0.1, 0.15) is 6.07 Å². The minimum absolute atomic E-state index is 0.0171. The van der Waals surface area contributed by atoms with Crippen molar-refractivity contribution in [1.82, 2.24) is 0 Å². The van der Waals surface area contributed by atoms with Crippen molar-refractivity contribution >= 4 is 5.78 Å². The van der Waals surface area contributed by atoms with E-state index in [0.717, 1.165) is 6.07 Å². The maximum Gasteiger partial charge on any atom is 0.174 e. The Morgan fingerprint density at radius 3 is 2.86 bits per heavy atom. The van der Waals surface area contributed by atoms with Gasteiger partial charge >= 0.3 is 0 Å². The lowest BCUT2D eigenvalue weighted by molar-refractivity contribution is 0.101. The number of rotatable bonds is 3. The molecule has 0 unspecified atom stereocenters. The number of carbonyl (C=O) groups excluding carboxylic acids is 1. The average Bonchev–Trinajstić information content (AvgIpc) is 2.15. The second-order valence-electron chi connectivity index (χ2n) is 2.65. The molecule has 1 rings (SSSR count). The Morgan fingerprint density at radius 1 is 1.64 bits per heavy atom. The number of nitrogens with zero attached hydrogens (tertiary/aromatic N) is 1. The van der Waals surface area contributed by atoms with Gasteiger partial charge in [-0.15, -0.1) is 0 Å². The van der Waals surface area contributed by atoms with Gasteiger partial charge in [-0.2, -0.15) is 5.26 Å². The van der Waals surface area contributed by atoms with Crippen LogP contribution in [-0.4, -0.2) is 12.4 Å². The number of ketones is 1. The molecule has 0 saturated carbocycles. The van der Waals surface area contributed by atoms with Crippen LogP contribution in [0.15, 0.2) is 18.2 Å². The largest absolute Gasteiger partial charge is 0.476 e. The van der Waals surface area contributed by atoms with E-state index in [1.165, 1.54) is 19.1 Å². The predicted molar refractivity (Wildman–Crippen MR) is 47.5 cm³/mol. The molecule has 72 valence electrons. The molecule has 0 atom stereocenters. The van der Waals surface area contributed by atoms with Crippen LogP contribution in [0, 0.1) is 17.1 Å². The molecule has 0 amide bonds. The van der Waals surface area contributed by atoms with Crippen LogP contribution >= 0.6 is 0 Å². The van der Waals surface area contributed by atoms with E-state index in [1.54, 1.807) is 6.07 Å². The Kier molecular flexibility index (Phi) is 3.19. The molecule has 0 saturated heterocycles. The number of hydrogen-bond donors (Lipinski definition) is 0. The molecule has 0 N–H and O–H groups in total. The average molecular weight is 193 g/mol. The highest BCUT2D eigenvalue weighted by Gasteiger charge is 2.06. The van der Waals surface area contributed by atoms with E-state index < -0.39 is 5.82 Å². The van der Waals surface area contributed by atoms with Crippen LogP contribution in [0.5, 0.6) is 5.75 Å². The van der Waals surface area contributed by atoms with Crippen LogP contribution in [0.4, 0.5) is 4.39 Å². The van der Waals surface area contributed by atoms with Gasteiger partial charge in [-0.1, -0.05) is 0 Å². The Balaban J connectivity index is 2.91. The summed E-state index contributed by atoms with van der Waals surface area (Å²) in [5.41, 5.74) is 0.284. The van der Waals surface area contributed by atoms with Crippen molar-refractivity contribution < 1.29 is 13.9 Å². The highest BCUT2D eigenvalue weighted by atomic mass is 19.1. The molecule has 0 aliphatic carbocycles. The highest BCUT2D eigenvalue weighted by molar-refractivity contribution is 5.94. The molecule has 0 radical (unpaired) electrons. The minimum atomic E-state index is -0.632. The first-order chi connectivity index (χ1) is 6.65. The Bertz CT molecular complexity index is 396. The van der Waals surface area contributed by atoms with Gasteiger partial charge in [-0.3, -0.25) is 4.79 Å². The van der Waals surface area contributed by atoms with Crippen molar-refractivity contribution in [3.8, 4) is 11.8 Å². The summed E-state index contributed by atoms with van der Waals surface area (Å²) in [5, 5.41) is 8.21. The van der Waals surface area contributed by atoms with Crippen LogP contribution < -0.4 is 4.74 Å². The zero-order chi connectivity index (χ0) is 10.6. The maximum absolute atomic E-state index is 13.1. The van der Waals surface area contributed by atoms with Crippen LogP contribution in [0.3, 0.4) is 0 Å². The van der Waals surface area contributed by atoms with Gasteiger partial charge in [-0.05, 0) is 25.1 Å². The van der Waals surface area contributed by atoms with Crippen LogP contribution in [0.1, 0.15) is 17.3 Å². The summed E-state index contributed by atoms with van der Waals surface area (Å²) >= 11 is 0. The third-order valence-corrected chi connectivity index (χ3v) is 1.63. The standard InChI is InChI=1S/C10H8FNO2/c1-7(13)8-2-3-10(9(11)6-8)14-5-4-12/h2-3,6H,5H2,1H3. The SMILES string of the molecule is CC(=O)c1ccc(OCC#N)c(F)c1. The van der Waals surface area contributed by atoms with Gasteiger partial charge in [-0.25, -0.2) is 4.39 Å². The van der Waals surface area contributed by atoms with Crippen molar-refractivity contribution in [3.05, 3.63) is 29.6 Å². The molecule has 0 aromatic heterocycles. The van der Waals surface area contributed by atoms with E-state index in [9.17, 15) is 9.18 Å². The minimum Gasteiger partial charge on any atom is -0.476 e. The molecular weight excluding hydrogens is 185 g/mol. The highest BCUT2D eigenvalue weighted by Crippen LogP contribution is 2.18. The first-order valence-electron chi connectivity index (χ1n) is 3.95. The molecule has 0 heterocycles. The van der Waals surface area contributed by atoms with E-state index in [1.807, 2.05) is 0 Å². The van der Waals surface area contributed by atoms with E-state index in [0.29, 0.717) is 0 Å². The van der Waals surface area contributed by atoms with E-state index >= 15 is 0 Å². The monoisotopic (exact) mass is 193 g/mol. The molecule has 4 heteroatoms. The molecule has 0 spiro atoms. The number of nitriles is 1. The van der Waals surface area contributed by atoms with E-state index in [4.69, 9.17) is 10.00 Å². The fourth-order valence-electron chi connectivity index (χ4n) is 0.947. The molecular formula is C10H8FNO2. The Morgan fingerprint density at radius 2 is 2.36 bits per heavy atom. The number of benzene rings is 1. The summed E-state index contributed by atoms with van der Waals surface area (Å²) < 4.78 is 17.9. The Hall–Kier alpha value is -1.89. The van der Waals surface area contributed by atoms with Crippen LogP contribution in [0.2, 0.25) is 0 Å². The normalized spacial score (nSPS) is 9.21. The van der Waals surface area contributed by atoms with Gasteiger partial charge in [0.05, 0.1) is 0 Å². The summed E-state index contributed by atoms with van der Waals surface area (Å²) in [4.78, 5) is 10.9. The summed E-state index contributed by atoms with van der Waals surface area (Å²) in [6.07, 6.45) is 0. The van der Waals surface area contributed by atoms with Crippen molar-refractivity contribution in [3.63, 3.8) is 0 Å². The molecule has 0 fully saturated rings. The molecule has 1 aromatic carbocycles. The summed E-state index contributed by atoms with van der Waals surface area (Å²) in [5.74, 6) is -0.861. The second kappa shape index (κ2) is 4.38. The van der Waals surface area contributed by atoms with Gasteiger partial charge < -0.3 is 4.74 Å². The van der Waals surface area contributed by atoms with Crippen molar-refractivity contribution in [2.24, 2.45) is 0 Å². The topological polar surface area (TPSA) is 50.1 Å². The van der Waals surface area contributed by atoms with Crippen molar-refractivity contribution in [2.75, 3.05) is 6.61 Å². The lowest BCUT2D eigenvalue weighted by atomic mass is 10.1. The molecule has 1 aromatic rings. The number of carbonyl (C=O) groups is 1. The Labute approximate surface area is 80.7 Å². The smallest absolute Gasteiger partial charge is 0.174 e. The summed E-state index contributed by atoms with van der Waals surface area (Å²) in [6.45, 7) is 1.14. The number of Topliss-reactive ketones (excluding diaryl/α,β-unsaturated/α-hetero) is 1. The molecule has 3 nitrogen and oxygen atoms in total. The van der Waals surface area contributed by atoms with Gasteiger partial charge in [0, 0.05) is 5.56 Å². The summed E-state index contributed by atoms with van der Waals surface area (Å²) in [6, 6.07) is 5.61. The van der Waals surface area contributed by atoms with Gasteiger partial charge in [0.2, 0.25) is 0 Å². The maximum atomic E-state index is 13.1. The zero-order valence-corrected chi connectivity index (χ0v) is 7.58. The number of ether oxygens (including phenoxy) is 1. The summed E-state index contributed by atoms with van der Waals surface area (Å²) in [7, 11) is 0. The molecule has 0 aliphatic rings. The quantitative estimate of drug-likeness (QED) is 0.689. The van der Waals surface area contributed by atoms with Gasteiger partial charge in [0.25, 0.3) is 0 Å². The zero-order valence-electron chi connectivity index (χ0n) is 7.58. The van der Waals surface area contributed by atoms with Gasteiger partial charge in [0.15, 0.2) is 24.0 Å². The second-order valence-corrected chi connectivity index (χ2v) is 2.65. The third kappa shape index (κ3) is 2.30. The number of halogens is 1. The first-order valence-corrected chi connectivity index (χ1v) is 3.95. The van der Waals surface area contributed by atoms with E-state index in [2.05, 4.69) is 0 Å².